The van der Waals surface area contributed by atoms with Gasteiger partial charge in [-0.25, -0.2) is 0 Å². The SMILES string of the molecule is Cc1ccc(CC(N)c2cc(Br)c(Br)s2)cc1C. The third kappa shape index (κ3) is 3.23. The van der Waals surface area contributed by atoms with Crippen LogP contribution < -0.4 is 5.73 Å². The van der Waals surface area contributed by atoms with Gasteiger partial charge in [0.15, 0.2) is 0 Å². The molecule has 0 amide bonds. The topological polar surface area (TPSA) is 26.0 Å². The van der Waals surface area contributed by atoms with Crippen LogP contribution >= 0.6 is 43.2 Å². The summed E-state index contributed by atoms with van der Waals surface area (Å²) in [7, 11) is 0. The maximum atomic E-state index is 6.27. The minimum Gasteiger partial charge on any atom is -0.323 e. The molecule has 1 aromatic heterocycles. The van der Waals surface area contributed by atoms with E-state index < -0.39 is 0 Å². The monoisotopic (exact) mass is 387 g/mol. The average Bonchev–Trinajstić information content (AvgIpc) is 2.65. The smallest absolute Gasteiger partial charge is 0.0843 e. The number of aryl methyl sites for hydroxylation is 2. The molecule has 0 spiro atoms. The second kappa shape index (κ2) is 5.87. The number of halogens is 2. The molecule has 96 valence electrons. The van der Waals surface area contributed by atoms with Gasteiger partial charge in [-0.2, -0.15) is 0 Å². The maximum Gasteiger partial charge on any atom is 0.0843 e. The fourth-order valence-corrected chi connectivity index (χ4v) is 3.92. The zero-order valence-electron chi connectivity index (χ0n) is 10.3. The fourth-order valence-electron chi connectivity index (χ4n) is 1.83. The van der Waals surface area contributed by atoms with Crippen LogP contribution in [0.4, 0.5) is 0 Å². The fraction of sp³-hybridized carbons (Fsp3) is 0.286. The van der Waals surface area contributed by atoms with Crippen molar-refractivity contribution in [3.05, 3.63) is 54.1 Å². The Morgan fingerprint density at radius 3 is 2.44 bits per heavy atom. The van der Waals surface area contributed by atoms with Crippen molar-refractivity contribution in [2.24, 2.45) is 5.73 Å². The van der Waals surface area contributed by atoms with Crippen LogP contribution in [0, 0.1) is 13.8 Å². The minimum atomic E-state index is 0.0553. The van der Waals surface area contributed by atoms with Gasteiger partial charge in [0.2, 0.25) is 0 Å². The molecular weight excluding hydrogens is 374 g/mol. The first-order chi connectivity index (χ1) is 8.47. The molecule has 1 unspecified atom stereocenters. The maximum absolute atomic E-state index is 6.27. The highest BCUT2D eigenvalue weighted by molar-refractivity contribution is 9.13. The summed E-state index contributed by atoms with van der Waals surface area (Å²) in [5, 5.41) is 0. The van der Waals surface area contributed by atoms with E-state index in [1.54, 1.807) is 11.3 Å². The van der Waals surface area contributed by atoms with Crippen molar-refractivity contribution in [1.29, 1.82) is 0 Å². The Kier molecular flexibility index (Phi) is 4.64. The third-order valence-corrected chi connectivity index (χ3v) is 6.44. The lowest BCUT2D eigenvalue weighted by Gasteiger charge is -2.11. The third-order valence-electron chi connectivity index (χ3n) is 3.06. The van der Waals surface area contributed by atoms with E-state index in [1.165, 1.54) is 21.6 Å². The number of nitrogens with two attached hydrogens (primary N) is 1. The van der Waals surface area contributed by atoms with Gasteiger partial charge < -0.3 is 5.73 Å². The summed E-state index contributed by atoms with van der Waals surface area (Å²) in [4.78, 5) is 1.20. The van der Waals surface area contributed by atoms with E-state index in [0.717, 1.165) is 14.7 Å². The Morgan fingerprint density at radius 2 is 1.89 bits per heavy atom. The van der Waals surface area contributed by atoms with Gasteiger partial charge >= 0.3 is 0 Å². The molecule has 0 saturated heterocycles. The largest absolute Gasteiger partial charge is 0.323 e. The Morgan fingerprint density at radius 1 is 1.17 bits per heavy atom. The number of benzene rings is 1. The second-order valence-corrected chi connectivity index (χ2v) is 7.76. The van der Waals surface area contributed by atoms with Crippen LogP contribution in [0.15, 0.2) is 32.5 Å². The van der Waals surface area contributed by atoms with E-state index >= 15 is 0 Å². The number of thiophene rings is 1. The van der Waals surface area contributed by atoms with E-state index in [9.17, 15) is 0 Å². The van der Waals surface area contributed by atoms with Crippen molar-refractivity contribution in [2.45, 2.75) is 26.3 Å². The van der Waals surface area contributed by atoms with Crippen molar-refractivity contribution in [3.63, 3.8) is 0 Å². The van der Waals surface area contributed by atoms with E-state index in [2.05, 4.69) is 70.0 Å². The molecule has 0 saturated carbocycles. The molecule has 0 fully saturated rings. The van der Waals surface area contributed by atoms with Crippen molar-refractivity contribution in [1.82, 2.24) is 0 Å². The van der Waals surface area contributed by atoms with Gasteiger partial charge in [0.05, 0.1) is 3.79 Å². The highest BCUT2D eigenvalue weighted by atomic mass is 79.9. The average molecular weight is 389 g/mol. The second-order valence-electron chi connectivity index (χ2n) is 4.50. The standard InChI is InChI=1S/C14H15Br2NS/c1-8-3-4-10(5-9(8)2)6-12(17)13-7-11(15)14(16)18-13/h3-5,7,12H,6,17H2,1-2H3. The number of hydrogen-bond acceptors (Lipinski definition) is 2. The van der Waals surface area contributed by atoms with E-state index in [1.807, 2.05) is 0 Å². The van der Waals surface area contributed by atoms with Crippen LogP contribution in [-0.4, -0.2) is 0 Å². The molecule has 4 heteroatoms. The Labute approximate surface area is 129 Å². The first kappa shape index (κ1) is 14.3. The van der Waals surface area contributed by atoms with Crippen LogP contribution in [-0.2, 0) is 6.42 Å². The van der Waals surface area contributed by atoms with Crippen LogP contribution in [0.1, 0.15) is 27.6 Å². The van der Waals surface area contributed by atoms with Gasteiger partial charge in [-0.3, -0.25) is 0 Å². The van der Waals surface area contributed by atoms with Crippen molar-refractivity contribution < 1.29 is 0 Å². The molecule has 0 bridgehead atoms. The van der Waals surface area contributed by atoms with Crippen LogP contribution in [0.25, 0.3) is 0 Å². The Bertz CT molecular complexity index is 543. The molecular formula is C14H15Br2NS. The lowest BCUT2D eigenvalue weighted by molar-refractivity contribution is 0.735. The number of rotatable bonds is 3. The summed E-state index contributed by atoms with van der Waals surface area (Å²) < 4.78 is 2.19. The zero-order chi connectivity index (χ0) is 13.3. The summed E-state index contributed by atoms with van der Waals surface area (Å²) in [5.41, 5.74) is 10.2. The van der Waals surface area contributed by atoms with E-state index in [-0.39, 0.29) is 6.04 Å². The molecule has 0 aliphatic rings. The van der Waals surface area contributed by atoms with Crippen molar-refractivity contribution >= 4 is 43.2 Å². The summed E-state index contributed by atoms with van der Waals surface area (Å²) in [6, 6.07) is 8.71. The Balaban J connectivity index is 2.15. The molecule has 2 aromatic rings. The molecule has 1 nitrogen and oxygen atoms in total. The van der Waals surface area contributed by atoms with E-state index in [4.69, 9.17) is 5.73 Å². The molecule has 2 rings (SSSR count). The molecule has 1 atom stereocenters. The van der Waals surface area contributed by atoms with Gasteiger partial charge in [0.25, 0.3) is 0 Å². The van der Waals surface area contributed by atoms with Crippen LogP contribution in [0.3, 0.4) is 0 Å². The predicted molar refractivity (Wildman–Crippen MR) is 86.3 cm³/mol. The summed E-state index contributed by atoms with van der Waals surface area (Å²) >= 11 is 8.70. The molecule has 18 heavy (non-hydrogen) atoms. The molecule has 0 radical (unpaired) electrons. The normalized spacial score (nSPS) is 12.7. The van der Waals surface area contributed by atoms with Crippen LogP contribution in [0.2, 0.25) is 0 Å². The first-order valence-corrected chi connectivity index (χ1v) is 8.14. The van der Waals surface area contributed by atoms with Crippen LogP contribution in [0.5, 0.6) is 0 Å². The highest BCUT2D eigenvalue weighted by Crippen LogP contribution is 2.35. The predicted octanol–water partition coefficient (Wildman–Crippen LogP) is 5.13. The van der Waals surface area contributed by atoms with Gasteiger partial charge in [-0.15, -0.1) is 11.3 Å². The van der Waals surface area contributed by atoms with E-state index in [0.29, 0.717) is 0 Å². The molecule has 2 N–H and O–H groups in total. The molecule has 1 heterocycles. The molecule has 0 aliphatic heterocycles. The lowest BCUT2D eigenvalue weighted by atomic mass is 10.0. The summed E-state index contributed by atoms with van der Waals surface area (Å²) in [5.74, 6) is 0. The van der Waals surface area contributed by atoms with Gasteiger partial charge in [0, 0.05) is 15.4 Å². The van der Waals surface area contributed by atoms with Gasteiger partial charge in [-0.05, 0) is 74.9 Å². The first-order valence-electron chi connectivity index (χ1n) is 5.74. The molecule has 0 aliphatic carbocycles. The van der Waals surface area contributed by atoms with Gasteiger partial charge in [-0.1, -0.05) is 18.2 Å². The molecule has 1 aromatic carbocycles. The lowest BCUT2D eigenvalue weighted by Crippen LogP contribution is -2.11. The summed E-state index contributed by atoms with van der Waals surface area (Å²) in [6.45, 7) is 4.27. The zero-order valence-corrected chi connectivity index (χ0v) is 14.3. The number of hydrogen-bond donors (Lipinski definition) is 1. The quantitative estimate of drug-likeness (QED) is 0.774. The van der Waals surface area contributed by atoms with Crippen molar-refractivity contribution in [2.75, 3.05) is 0 Å². The minimum absolute atomic E-state index is 0.0553. The van der Waals surface area contributed by atoms with Gasteiger partial charge in [0.1, 0.15) is 0 Å². The highest BCUT2D eigenvalue weighted by Gasteiger charge is 2.12. The van der Waals surface area contributed by atoms with Crippen molar-refractivity contribution in [3.8, 4) is 0 Å². The summed E-state index contributed by atoms with van der Waals surface area (Å²) in [6.07, 6.45) is 0.876. The Hall–Kier alpha value is -0.160.